The zero-order valence-electron chi connectivity index (χ0n) is 20.9. The number of anilines is 2. The van der Waals surface area contributed by atoms with Crippen molar-refractivity contribution in [3.8, 4) is 11.4 Å². The first-order chi connectivity index (χ1) is 18.1. The van der Waals surface area contributed by atoms with E-state index in [4.69, 9.17) is 9.15 Å². The predicted molar refractivity (Wildman–Crippen MR) is 140 cm³/mol. The molecule has 1 aliphatic heterocycles. The van der Waals surface area contributed by atoms with Gasteiger partial charge < -0.3 is 30.4 Å². The van der Waals surface area contributed by atoms with Crippen molar-refractivity contribution in [3.05, 3.63) is 60.6 Å². The number of aromatic nitrogens is 2. The molecule has 1 atom stereocenters. The van der Waals surface area contributed by atoms with Crippen molar-refractivity contribution in [2.45, 2.75) is 13.0 Å². The van der Waals surface area contributed by atoms with Gasteiger partial charge in [-0.3, -0.25) is 14.5 Å². The van der Waals surface area contributed by atoms with E-state index in [1.54, 1.807) is 18.4 Å². The molecular formula is C26H33N7O4. The summed E-state index contributed by atoms with van der Waals surface area (Å²) >= 11 is 0. The molecule has 1 unspecified atom stereocenters. The van der Waals surface area contributed by atoms with Crippen molar-refractivity contribution in [1.29, 1.82) is 0 Å². The van der Waals surface area contributed by atoms with Crippen LogP contribution in [0.2, 0.25) is 0 Å². The van der Waals surface area contributed by atoms with Gasteiger partial charge in [0.15, 0.2) is 5.82 Å². The lowest BCUT2D eigenvalue weighted by Gasteiger charge is -2.32. The lowest BCUT2D eigenvalue weighted by molar-refractivity contribution is -0.129. The highest BCUT2D eigenvalue weighted by Crippen LogP contribution is 2.23. The molecule has 196 valence electrons. The van der Waals surface area contributed by atoms with E-state index in [9.17, 15) is 9.59 Å². The van der Waals surface area contributed by atoms with Crippen LogP contribution >= 0.6 is 0 Å². The SMILES string of the molecule is CC(=O)NCCNc1cc(NCCNC(=O)C(c2ccco2)N2CCOCC2)nc(-c2ccccc2)n1. The first-order valence-corrected chi connectivity index (χ1v) is 12.4. The topological polar surface area (TPSA) is 134 Å². The van der Waals surface area contributed by atoms with Gasteiger partial charge in [0.2, 0.25) is 11.8 Å². The maximum Gasteiger partial charge on any atom is 0.245 e. The molecule has 2 aromatic heterocycles. The molecule has 2 amide bonds. The Bertz CT molecular complexity index is 1140. The molecule has 4 N–H and O–H groups in total. The fourth-order valence-electron chi connectivity index (χ4n) is 4.00. The molecule has 0 radical (unpaired) electrons. The van der Waals surface area contributed by atoms with E-state index < -0.39 is 6.04 Å². The highest BCUT2D eigenvalue weighted by atomic mass is 16.5. The van der Waals surface area contributed by atoms with Crippen molar-refractivity contribution in [2.24, 2.45) is 0 Å². The number of rotatable bonds is 12. The van der Waals surface area contributed by atoms with E-state index in [0.29, 0.717) is 75.7 Å². The summed E-state index contributed by atoms with van der Waals surface area (Å²) in [6.07, 6.45) is 1.58. The van der Waals surface area contributed by atoms with Gasteiger partial charge in [-0.1, -0.05) is 30.3 Å². The van der Waals surface area contributed by atoms with E-state index >= 15 is 0 Å². The molecule has 3 aromatic rings. The van der Waals surface area contributed by atoms with E-state index in [0.717, 1.165) is 5.56 Å². The van der Waals surface area contributed by atoms with Crippen molar-refractivity contribution in [1.82, 2.24) is 25.5 Å². The van der Waals surface area contributed by atoms with E-state index in [-0.39, 0.29) is 11.8 Å². The molecule has 1 aromatic carbocycles. The summed E-state index contributed by atoms with van der Waals surface area (Å²) < 4.78 is 11.0. The molecule has 0 aliphatic carbocycles. The standard InChI is InChI=1S/C26H33N7O4/c1-19(34)27-9-10-28-22-18-23(32-25(31-22)20-6-3-2-4-7-20)29-11-12-30-26(35)24(21-8-5-15-37-21)33-13-16-36-17-14-33/h2-8,15,18,24H,9-14,16-17H2,1H3,(H,27,34)(H,30,35)(H2,28,29,31,32). The number of nitrogens with zero attached hydrogens (tertiary/aromatic N) is 3. The van der Waals surface area contributed by atoms with Crippen LogP contribution in [-0.2, 0) is 14.3 Å². The van der Waals surface area contributed by atoms with Gasteiger partial charge in [-0.15, -0.1) is 0 Å². The van der Waals surface area contributed by atoms with Crippen LogP contribution in [0.25, 0.3) is 11.4 Å². The molecule has 1 fully saturated rings. The molecule has 37 heavy (non-hydrogen) atoms. The van der Waals surface area contributed by atoms with Crippen molar-refractivity contribution >= 4 is 23.5 Å². The van der Waals surface area contributed by atoms with Gasteiger partial charge in [0.05, 0.1) is 19.5 Å². The van der Waals surface area contributed by atoms with Crippen LogP contribution in [0.5, 0.6) is 0 Å². The number of carbonyl (C=O) groups excluding carboxylic acids is 2. The second-order valence-corrected chi connectivity index (χ2v) is 8.52. The molecule has 0 spiro atoms. The van der Waals surface area contributed by atoms with Gasteiger partial charge in [0, 0.05) is 57.8 Å². The van der Waals surface area contributed by atoms with Crippen LogP contribution in [0.15, 0.2) is 59.2 Å². The molecule has 1 saturated heterocycles. The van der Waals surface area contributed by atoms with E-state index in [1.807, 2.05) is 36.4 Å². The Morgan fingerprint density at radius 3 is 2.22 bits per heavy atom. The average molecular weight is 508 g/mol. The Labute approximate surface area is 216 Å². The van der Waals surface area contributed by atoms with Gasteiger partial charge in [-0.2, -0.15) is 0 Å². The average Bonchev–Trinajstić information content (AvgIpc) is 3.45. The Hall–Kier alpha value is -3.96. The number of hydrogen-bond acceptors (Lipinski definition) is 9. The smallest absolute Gasteiger partial charge is 0.245 e. The predicted octanol–water partition coefficient (Wildman–Crippen LogP) is 1.89. The van der Waals surface area contributed by atoms with Crippen LogP contribution in [-0.4, -0.2) is 79.2 Å². The Kier molecular flexibility index (Phi) is 9.44. The fourth-order valence-corrected chi connectivity index (χ4v) is 4.00. The van der Waals surface area contributed by atoms with Gasteiger partial charge >= 0.3 is 0 Å². The normalized spacial score (nSPS) is 14.5. The summed E-state index contributed by atoms with van der Waals surface area (Å²) in [6.45, 7) is 5.86. The number of amides is 2. The minimum absolute atomic E-state index is 0.0817. The summed E-state index contributed by atoms with van der Waals surface area (Å²) in [6, 6.07) is 14.6. The number of hydrogen-bond donors (Lipinski definition) is 4. The molecule has 3 heterocycles. The maximum atomic E-state index is 13.1. The Balaban J connectivity index is 1.37. The number of nitrogens with one attached hydrogen (secondary N) is 4. The molecule has 0 saturated carbocycles. The second kappa shape index (κ2) is 13.4. The number of furan rings is 1. The molecule has 11 nitrogen and oxygen atoms in total. The summed E-state index contributed by atoms with van der Waals surface area (Å²) in [7, 11) is 0. The van der Waals surface area contributed by atoms with Crippen LogP contribution in [0, 0.1) is 0 Å². The largest absolute Gasteiger partial charge is 0.467 e. The highest BCUT2D eigenvalue weighted by molar-refractivity contribution is 5.82. The third kappa shape index (κ3) is 7.76. The number of carbonyl (C=O) groups is 2. The van der Waals surface area contributed by atoms with Crippen molar-refractivity contribution in [3.63, 3.8) is 0 Å². The molecule has 4 rings (SSSR count). The third-order valence-electron chi connectivity index (χ3n) is 5.77. The summed E-state index contributed by atoms with van der Waals surface area (Å²) in [5.74, 6) is 2.25. The fraction of sp³-hybridized carbons (Fsp3) is 0.385. The first kappa shape index (κ1) is 26.1. The van der Waals surface area contributed by atoms with Gasteiger partial charge in [0.1, 0.15) is 23.4 Å². The quantitative estimate of drug-likeness (QED) is 0.271. The summed E-state index contributed by atoms with van der Waals surface area (Å²) in [4.78, 5) is 35.5. The van der Waals surface area contributed by atoms with Gasteiger partial charge in [-0.05, 0) is 12.1 Å². The minimum Gasteiger partial charge on any atom is -0.467 e. The minimum atomic E-state index is -0.498. The number of morpholine rings is 1. The molecule has 1 aliphatic rings. The van der Waals surface area contributed by atoms with Gasteiger partial charge in [0.25, 0.3) is 0 Å². The highest BCUT2D eigenvalue weighted by Gasteiger charge is 2.30. The van der Waals surface area contributed by atoms with Crippen LogP contribution < -0.4 is 21.3 Å². The van der Waals surface area contributed by atoms with Crippen LogP contribution in [0.4, 0.5) is 11.6 Å². The summed E-state index contributed by atoms with van der Waals surface area (Å²) in [5, 5.41) is 12.3. The Morgan fingerprint density at radius 1 is 0.919 bits per heavy atom. The summed E-state index contributed by atoms with van der Waals surface area (Å²) in [5.41, 5.74) is 0.885. The second-order valence-electron chi connectivity index (χ2n) is 8.52. The van der Waals surface area contributed by atoms with E-state index in [1.165, 1.54) is 6.92 Å². The van der Waals surface area contributed by atoms with E-state index in [2.05, 4.69) is 36.1 Å². The monoisotopic (exact) mass is 507 g/mol. The van der Waals surface area contributed by atoms with Crippen molar-refractivity contribution < 1.29 is 18.7 Å². The lowest BCUT2D eigenvalue weighted by atomic mass is 10.1. The van der Waals surface area contributed by atoms with Gasteiger partial charge in [-0.25, -0.2) is 9.97 Å². The number of ether oxygens (including phenoxy) is 1. The molecular weight excluding hydrogens is 474 g/mol. The van der Waals surface area contributed by atoms with Crippen LogP contribution in [0.3, 0.4) is 0 Å². The van der Waals surface area contributed by atoms with Crippen LogP contribution in [0.1, 0.15) is 18.7 Å². The third-order valence-corrected chi connectivity index (χ3v) is 5.77. The lowest BCUT2D eigenvalue weighted by Crippen LogP contribution is -2.46. The molecule has 11 heteroatoms. The number of benzene rings is 1. The first-order valence-electron chi connectivity index (χ1n) is 12.4. The zero-order valence-corrected chi connectivity index (χ0v) is 20.9. The zero-order chi connectivity index (χ0) is 25.9. The van der Waals surface area contributed by atoms with Crippen molar-refractivity contribution in [2.75, 3.05) is 63.1 Å². The molecule has 0 bridgehead atoms. The Morgan fingerprint density at radius 2 is 1.59 bits per heavy atom. The maximum absolute atomic E-state index is 13.1.